The van der Waals surface area contributed by atoms with Crippen molar-refractivity contribution in [2.75, 3.05) is 62.7 Å². The summed E-state index contributed by atoms with van der Waals surface area (Å²) >= 11 is 0. The highest BCUT2D eigenvalue weighted by atomic mass is 16.5. The first-order valence-corrected chi connectivity index (χ1v) is 10.0. The molecule has 9 heteroatoms. The minimum absolute atomic E-state index is 0.0621. The van der Waals surface area contributed by atoms with E-state index in [4.69, 9.17) is 4.74 Å². The number of nitrogens with one attached hydrogen (secondary N) is 1. The van der Waals surface area contributed by atoms with Gasteiger partial charge in [-0.3, -0.25) is 4.79 Å². The molecule has 158 valence electrons. The first-order valence-electron chi connectivity index (χ1n) is 10.0. The average molecular weight is 411 g/mol. The van der Waals surface area contributed by atoms with Gasteiger partial charge in [0.1, 0.15) is 11.6 Å². The second-order valence-corrected chi connectivity index (χ2v) is 7.26. The zero-order valence-electron chi connectivity index (χ0n) is 16.7. The number of carbonyl (C=O) groups excluding carboxylic acids is 2. The van der Waals surface area contributed by atoms with E-state index < -0.39 is 0 Å². The maximum absolute atomic E-state index is 12.6. The Balaban J connectivity index is 1.28. The van der Waals surface area contributed by atoms with Crippen LogP contribution in [-0.4, -0.2) is 84.3 Å². The molecule has 0 spiro atoms. The van der Waals surface area contributed by atoms with Crippen LogP contribution in [0.2, 0.25) is 0 Å². The van der Waals surface area contributed by atoms with Gasteiger partial charge in [-0.25, -0.2) is 9.78 Å². The standard InChI is InChI=1S/C21H25N5O4/c27-18-3-1-2-16(14-18)20(28)25-6-8-26(9-7-25)21(29)23-17-4-5-19(22-15-17)24-10-12-30-13-11-24/h1-5,14-15,27H,6-13H2,(H,23,29). The molecule has 0 radical (unpaired) electrons. The SMILES string of the molecule is O=C(Nc1ccc(N2CCOCC2)nc1)N1CCN(C(=O)c2cccc(O)c2)CC1. The fraction of sp³-hybridized carbons (Fsp3) is 0.381. The van der Waals surface area contributed by atoms with Crippen LogP contribution in [0.1, 0.15) is 10.4 Å². The number of ether oxygens (including phenoxy) is 1. The Morgan fingerprint density at radius 1 is 0.967 bits per heavy atom. The predicted octanol–water partition coefficient (Wildman–Crippen LogP) is 1.61. The summed E-state index contributed by atoms with van der Waals surface area (Å²) in [6.45, 7) is 4.77. The number of piperazine rings is 1. The number of hydrogen-bond donors (Lipinski definition) is 2. The Hall–Kier alpha value is -3.33. The molecule has 2 saturated heterocycles. The smallest absolute Gasteiger partial charge is 0.322 e. The molecule has 2 N–H and O–H groups in total. The second-order valence-electron chi connectivity index (χ2n) is 7.26. The van der Waals surface area contributed by atoms with Crippen molar-refractivity contribution >= 4 is 23.4 Å². The highest BCUT2D eigenvalue weighted by Gasteiger charge is 2.25. The Labute approximate surface area is 174 Å². The minimum atomic E-state index is -0.208. The van der Waals surface area contributed by atoms with E-state index in [9.17, 15) is 14.7 Å². The van der Waals surface area contributed by atoms with E-state index in [1.54, 1.807) is 28.1 Å². The molecular weight excluding hydrogens is 386 g/mol. The molecular formula is C21H25N5O4. The minimum Gasteiger partial charge on any atom is -0.508 e. The van der Waals surface area contributed by atoms with Crippen LogP contribution >= 0.6 is 0 Å². The van der Waals surface area contributed by atoms with Crippen molar-refractivity contribution in [2.24, 2.45) is 0 Å². The van der Waals surface area contributed by atoms with Gasteiger partial charge in [-0.15, -0.1) is 0 Å². The molecule has 1 aromatic heterocycles. The molecule has 0 atom stereocenters. The molecule has 2 aliphatic heterocycles. The van der Waals surface area contributed by atoms with E-state index in [-0.39, 0.29) is 17.7 Å². The molecule has 4 rings (SSSR count). The molecule has 30 heavy (non-hydrogen) atoms. The van der Waals surface area contributed by atoms with Crippen LogP contribution in [0.25, 0.3) is 0 Å². The van der Waals surface area contributed by atoms with Gasteiger partial charge in [-0.1, -0.05) is 6.07 Å². The number of carbonyl (C=O) groups is 2. The molecule has 0 aliphatic carbocycles. The molecule has 2 fully saturated rings. The van der Waals surface area contributed by atoms with Gasteiger partial charge in [0.2, 0.25) is 0 Å². The molecule has 2 aliphatic rings. The number of amides is 3. The van der Waals surface area contributed by atoms with E-state index in [0.29, 0.717) is 50.6 Å². The third-order valence-electron chi connectivity index (χ3n) is 5.28. The fourth-order valence-corrected chi connectivity index (χ4v) is 3.58. The van der Waals surface area contributed by atoms with E-state index in [1.807, 2.05) is 12.1 Å². The van der Waals surface area contributed by atoms with Crippen LogP contribution in [0.3, 0.4) is 0 Å². The number of hydrogen-bond acceptors (Lipinski definition) is 6. The van der Waals surface area contributed by atoms with Crippen LogP contribution in [0.5, 0.6) is 5.75 Å². The van der Waals surface area contributed by atoms with Crippen molar-refractivity contribution in [3.63, 3.8) is 0 Å². The fourth-order valence-electron chi connectivity index (χ4n) is 3.58. The summed E-state index contributed by atoms with van der Waals surface area (Å²) in [6, 6.07) is 9.83. The summed E-state index contributed by atoms with van der Waals surface area (Å²) in [7, 11) is 0. The predicted molar refractivity (Wildman–Crippen MR) is 112 cm³/mol. The van der Waals surface area contributed by atoms with Gasteiger partial charge in [0.25, 0.3) is 5.91 Å². The molecule has 9 nitrogen and oxygen atoms in total. The molecule has 0 bridgehead atoms. The number of phenols is 1. The zero-order chi connectivity index (χ0) is 20.9. The second kappa shape index (κ2) is 9.00. The lowest BCUT2D eigenvalue weighted by Crippen LogP contribution is -2.51. The summed E-state index contributed by atoms with van der Waals surface area (Å²) in [5, 5.41) is 12.4. The highest BCUT2D eigenvalue weighted by Crippen LogP contribution is 2.17. The molecule has 3 amide bonds. The Kier molecular flexibility index (Phi) is 5.99. The van der Waals surface area contributed by atoms with Crippen molar-refractivity contribution in [3.8, 4) is 5.75 Å². The summed E-state index contributed by atoms with van der Waals surface area (Å²) < 4.78 is 5.35. The average Bonchev–Trinajstić information content (AvgIpc) is 2.80. The summed E-state index contributed by atoms with van der Waals surface area (Å²) in [6.07, 6.45) is 1.66. The Bertz CT molecular complexity index is 891. The van der Waals surface area contributed by atoms with E-state index >= 15 is 0 Å². The Morgan fingerprint density at radius 3 is 2.37 bits per heavy atom. The molecule has 3 heterocycles. The van der Waals surface area contributed by atoms with Crippen molar-refractivity contribution in [3.05, 3.63) is 48.2 Å². The molecule has 1 aromatic carbocycles. The number of aromatic hydroxyl groups is 1. The van der Waals surface area contributed by atoms with Crippen LogP contribution in [0.4, 0.5) is 16.3 Å². The summed E-state index contributed by atoms with van der Waals surface area (Å²) in [5.74, 6) is 0.788. The first kappa shape index (κ1) is 20.0. The number of nitrogens with zero attached hydrogens (tertiary/aromatic N) is 4. The van der Waals surface area contributed by atoms with Gasteiger partial charge in [0, 0.05) is 44.8 Å². The maximum Gasteiger partial charge on any atom is 0.322 e. The topological polar surface area (TPSA) is 98.2 Å². The van der Waals surface area contributed by atoms with Crippen LogP contribution < -0.4 is 10.2 Å². The maximum atomic E-state index is 12.6. The number of pyridine rings is 1. The molecule has 0 saturated carbocycles. The quantitative estimate of drug-likeness (QED) is 0.796. The van der Waals surface area contributed by atoms with Crippen molar-refractivity contribution in [2.45, 2.75) is 0 Å². The largest absolute Gasteiger partial charge is 0.508 e. The van der Waals surface area contributed by atoms with Gasteiger partial charge in [-0.05, 0) is 30.3 Å². The highest BCUT2D eigenvalue weighted by molar-refractivity contribution is 5.95. The van der Waals surface area contributed by atoms with E-state index in [0.717, 1.165) is 18.9 Å². The van der Waals surface area contributed by atoms with Crippen LogP contribution in [0, 0.1) is 0 Å². The zero-order valence-corrected chi connectivity index (χ0v) is 16.7. The lowest BCUT2D eigenvalue weighted by atomic mass is 10.1. The number of benzene rings is 1. The Morgan fingerprint density at radius 2 is 1.70 bits per heavy atom. The van der Waals surface area contributed by atoms with Gasteiger partial charge in [0.15, 0.2) is 0 Å². The van der Waals surface area contributed by atoms with Crippen LogP contribution in [0.15, 0.2) is 42.6 Å². The number of morpholine rings is 1. The monoisotopic (exact) mass is 411 g/mol. The number of phenolic OH excluding ortho intramolecular Hbond substituents is 1. The van der Waals surface area contributed by atoms with Gasteiger partial charge < -0.3 is 29.9 Å². The number of aromatic nitrogens is 1. The lowest BCUT2D eigenvalue weighted by Gasteiger charge is -2.34. The number of anilines is 2. The van der Waals surface area contributed by atoms with Gasteiger partial charge in [-0.2, -0.15) is 0 Å². The lowest BCUT2D eigenvalue weighted by molar-refractivity contribution is 0.0671. The van der Waals surface area contributed by atoms with Gasteiger partial charge in [0.05, 0.1) is 25.1 Å². The van der Waals surface area contributed by atoms with E-state index in [1.165, 1.54) is 12.1 Å². The van der Waals surface area contributed by atoms with Crippen molar-refractivity contribution in [1.82, 2.24) is 14.8 Å². The van der Waals surface area contributed by atoms with Crippen molar-refractivity contribution < 1.29 is 19.4 Å². The van der Waals surface area contributed by atoms with Crippen LogP contribution in [-0.2, 0) is 4.74 Å². The summed E-state index contributed by atoms with van der Waals surface area (Å²) in [4.78, 5) is 35.1. The van der Waals surface area contributed by atoms with Crippen molar-refractivity contribution in [1.29, 1.82) is 0 Å². The number of rotatable bonds is 3. The van der Waals surface area contributed by atoms with Gasteiger partial charge >= 0.3 is 6.03 Å². The normalized spacial score (nSPS) is 17.0. The van der Waals surface area contributed by atoms with E-state index in [2.05, 4.69) is 15.2 Å². The third-order valence-corrected chi connectivity index (χ3v) is 5.28. The summed E-state index contributed by atoms with van der Waals surface area (Å²) in [5.41, 5.74) is 1.08. The molecule has 0 unspecified atom stereocenters. The third kappa shape index (κ3) is 4.62. The molecule has 2 aromatic rings. The first-order chi connectivity index (χ1) is 14.6. The number of urea groups is 1.